The number of hydrogen-bond acceptors (Lipinski definition) is 3. The Morgan fingerprint density at radius 3 is 2.75 bits per heavy atom. The SMILES string of the molecule is CC(Cn1cncn1)NC(C)C1CCCC1. The molecule has 1 saturated carbocycles. The maximum atomic E-state index is 4.13. The lowest BCUT2D eigenvalue weighted by Gasteiger charge is -2.24. The minimum atomic E-state index is 0.456. The Kier molecular flexibility index (Phi) is 3.93. The minimum Gasteiger partial charge on any atom is -0.310 e. The molecule has 1 aliphatic carbocycles. The van der Waals surface area contributed by atoms with Crippen molar-refractivity contribution in [1.82, 2.24) is 20.1 Å². The maximum Gasteiger partial charge on any atom is 0.137 e. The van der Waals surface area contributed by atoms with Crippen LogP contribution in [0.4, 0.5) is 0 Å². The number of nitrogens with one attached hydrogen (secondary N) is 1. The normalized spacial score (nSPS) is 21.1. The van der Waals surface area contributed by atoms with E-state index in [1.807, 2.05) is 4.68 Å². The van der Waals surface area contributed by atoms with Crippen molar-refractivity contribution in [3.05, 3.63) is 12.7 Å². The zero-order chi connectivity index (χ0) is 11.4. The van der Waals surface area contributed by atoms with Gasteiger partial charge in [-0.25, -0.2) is 4.98 Å². The molecule has 16 heavy (non-hydrogen) atoms. The second-order valence-electron chi connectivity index (χ2n) is 5.02. The summed E-state index contributed by atoms with van der Waals surface area (Å²) in [4.78, 5) is 3.96. The summed E-state index contributed by atoms with van der Waals surface area (Å²) in [6.45, 7) is 5.43. The highest BCUT2D eigenvalue weighted by molar-refractivity contribution is 4.79. The summed E-state index contributed by atoms with van der Waals surface area (Å²) >= 11 is 0. The second kappa shape index (κ2) is 5.43. The summed E-state index contributed by atoms with van der Waals surface area (Å²) in [7, 11) is 0. The quantitative estimate of drug-likeness (QED) is 0.826. The zero-order valence-electron chi connectivity index (χ0n) is 10.3. The van der Waals surface area contributed by atoms with E-state index >= 15 is 0 Å². The Bertz CT molecular complexity index is 290. The highest BCUT2D eigenvalue weighted by Crippen LogP contribution is 2.27. The van der Waals surface area contributed by atoms with Crippen LogP contribution in [-0.2, 0) is 6.54 Å². The molecule has 90 valence electrons. The largest absolute Gasteiger partial charge is 0.310 e. The predicted molar refractivity (Wildman–Crippen MR) is 64.0 cm³/mol. The van der Waals surface area contributed by atoms with E-state index in [4.69, 9.17) is 0 Å². The van der Waals surface area contributed by atoms with Crippen LogP contribution in [0.2, 0.25) is 0 Å². The minimum absolute atomic E-state index is 0.456. The number of rotatable bonds is 5. The molecular weight excluding hydrogens is 200 g/mol. The maximum absolute atomic E-state index is 4.13. The average Bonchev–Trinajstić information content (AvgIpc) is 2.88. The van der Waals surface area contributed by atoms with Crippen LogP contribution in [0.25, 0.3) is 0 Å². The van der Waals surface area contributed by atoms with Gasteiger partial charge in [0.15, 0.2) is 0 Å². The van der Waals surface area contributed by atoms with Gasteiger partial charge in [-0.2, -0.15) is 5.10 Å². The van der Waals surface area contributed by atoms with Crippen molar-refractivity contribution < 1.29 is 0 Å². The molecular formula is C12H22N4. The molecule has 0 amide bonds. The van der Waals surface area contributed by atoms with E-state index in [9.17, 15) is 0 Å². The fourth-order valence-electron chi connectivity index (χ4n) is 2.70. The van der Waals surface area contributed by atoms with E-state index in [-0.39, 0.29) is 0 Å². The third-order valence-corrected chi connectivity index (χ3v) is 3.58. The van der Waals surface area contributed by atoms with Gasteiger partial charge in [0.25, 0.3) is 0 Å². The molecule has 2 rings (SSSR count). The molecule has 2 unspecified atom stereocenters. The summed E-state index contributed by atoms with van der Waals surface area (Å²) < 4.78 is 1.89. The van der Waals surface area contributed by atoms with Crippen LogP contribution in [0.1, 0.15) is 39.5 Å². The first kappa shape index (κ1) is 11.6. The molecule has 1 aromatic heterocycles. The number of hydrogen-bond donors (Lipinski definition) is 1. The Labute approximate surface area is 97.5 Å². The predicted octanol–water partition coefficient (Wildman–Crippen LogP) is 1.83. The summed E-state index contributed by atoms with van der Waals surface area (Å²) in [5, 5.41) is 7.80. The van der Waals surface area contributed by atoms with Crippen molar-refractivity contribution in [3.8, 4) is 0 Å². The molecule has 1 aliphatic rings. The highest BCUT2D eigenvalue weighted by Gasteiger charge is 2.22. The van der Waals surface area contributed by atoms with E-state index in [0.29, 0.717) is 12.1 Å². The molecule has 0 aliphatic heterocycles. The smallest absolute Gasteiger partial charge is 0.137 e. The molecule has 0 radical (unpaired) electrons. The molecule has 1 heterocycles. The van der Waals surface area contributed by atoms with E-state index in [1.165, 1.54) is 25.7 Å². The van der Waals surface area contributed by atoms with Gasteiger partial charge in [0.2, 0.25) is 0 Å². The molecule has 0 spiro atoms. The van der Waals surface area contributed by atoms with E-state index in [0.717, 1.165) is 12.5 Å². The van der Waals surface area contributed by atoms with Gasteiger partial charge >= 0.3 is 0 Å². The Balaban J connectivity index is 1.75. The van der Waals surface area contributed by atoms with Crippen LogP contribution < -0.4 is 5.32 Å². The summed E-state index contributed by atoms with van der Waals surface area (Å²) in [6, 6.07) is 1.08. The van der Waals surface area contributed by atoms with Crippen LogP contribution in [-0.4, -0.2) is 26.8 Å². The summed E-state index contributed by atoms with van der Waals surface area (Å²) in [5.74, 6) is 0.873. The van der Waals surface area contributed by atoms with Crippen molar-refractivity contribution in [1.29, 1.82) is 0 Å². The van der Waals surface area contributed by atoms with E-state index in [1.54, 1.807) is 12.7 Å². The fourth-order valence-corrected chi connectivity index (χ4v) is 2.70. The van der Waals surface area contributed by atoms with Gasteiger partial charge < -0.3 is 5.32 Å². The van der Waals surface area contributed by atoms with Gasteiger partial charge in [0, 0.05) is 12.1 Å². The average molecular weight is 222 g/mol. The van der Waals surface area contributed by atoms with Crippen LogP contribution in [0, 0.1) is 5.92 Å². The third kappa shape index (κ3) is 3.04. The fraction of sp³-hybridized carbons (Fsp3) is 0.833. The topological polar surface area (TPSA) is 42.7 Å². The Hall–Kier alpha value is -0.900. The van der Waals surface area contributed by atoms with E-state index in [2.05, 4.69) is 29.2 Å². The second-order valence-corrected chi connectivity index (χ2v) is 5.02. The van der Waals surface area contributed by atoms with Crippen LogP contribution in [0.15, 0.2) is 12.7 Å². The Morgan fingerprint density at radius 2 is 2.12 bits per heavy atom. The number of aromatic nitrogens is 3. The van der Waals surface area contributed by atoms with Crippen molar-refractivity contribution >= 4 is 0 Å². The lowest BCUT2D eigenvalue weighted by Crippen LogP contribution is -2.40. The van der Waals surface area contributed by atoms with Gasteiger partial charge in [0.1, 0.15) is 12.7 Å². The van der Waals surface area contributed by atoms with Gasteiger partial charge in [-0.15, -0.1) is 0 Å². The first-order valence-electron chi connectivity index (χ1n) is 6.34. The lowest BCUT2D eigenvalue weighted by atomic mass is 9.99. The van der Waals surface area contributed by atoms with Crippen molar-refractivity contribution in [2.45, 2.75) is 58.2 Å². The molecule has 4 nitrogen and oxygen atoms in total. The third-order valence-electron chi connectivity index (χ3n) is 3.58. The van der Waals surface area contributed by atoms with Crippen LogP contribution in [0.3, 0.4) is 0 Å². The lowest BCUT2D eigenvalue weighted by molar-refractivity contribution is 0.327. The molecule has 1 aromatic rings. The highest BCUT2D eigenvalue weighted by atomic mass is 15.3. The van der Waals surface area contributed by atoms with Crippen molar-refractivity contribution in [3.63, 3.8) is 0 Å². The standard InChI is InChI=1S/C12H22N4/c1-10(7-16-9-13-8-14-16)15-11(2)12-5-3-4-6-12/h8-12,15H,3-7H2,1-2H3. The molecule has 2 atom stereocenters. The summed E-state index contributed by atoms with van der Waals surface area (Å²) in [5.41, 5.74) is 0. The molecule has 1 fully saturated rings. The Morgan fingerprint density at radius 1 is 1.38 bits per heavy atom. The van der Waals surface area contributed by atoms with Crippen LogP contribution >= 0.6 is 0 Å². The van der Waals surface area contributed by atoms with Crippen molar-refractivity contribution in [2.24, 2.45) is 5.92 Å². The summed E-state index contributed by atoms with van der Waals surface area (Å²) in [6.07, 6.45) is 8.97. The van der Waals surface area contributed by atoms with Crippen LogP contribution in [0.5, 0.6) is 0 Å². The van der Waals surface area contributed by atoms with Gasteiger partial charge in [-0.05, 0) is 32.6 Å². The first-order chi connectivity index (χ1) is 7.75. The van der Waals surface area contributed by atoms with Gasteiger partial charge in [0.05, 0.1) is 6.54 Å². The van der Waals surface area contributed by atoms with Gasteiger partial charge in [-0.3, -0.25) is 4.68 Å². The van der Waals surface area contributed by atoms with Crippen molar-refractivity contribution in [2.75, 3.05) is 0 Å². The first-order valence-corrected chi connectivity index (χ1v) is 6.34. The molecule has 0 saturated heterocycles. The molecule has 0 bridgehead atoms. The molecule has 4 heteroatoms. The molecule has 1 N–H and O–H groups in total. The molecule has 0 aromatic carbocycles. The monoisotopic (exact) mass is 222 g/mol. The van der Waals surface area contributed by atoms with Gasteiger partial charge in [-0.1, -0.05) is 12.8 Å². The number of nitrogens with zero attached hydrogens (tertiary/aromatic N) is 3. The van der Waals surface area contributed by atoms with E-state index < -0.39 is 0 Å². The zero-order valence-corrected chi connectivity index (χ0v) is 10.3.